The second-order valence-electron chi connectivity index (χ2n) is 8.06. The Kier molecular flexibility index (Phi) is 6.11. The Bertz CT molecular complexity index is 927. The van der Waals surface area contributed by atoms with E-state index < -0.39 is 0 Å². The molecule has 2 aromatic carbocycles. The molecular weight excluding hydrogens is 383 g/mol. The van der Waals surface area contributed by atoms with Crippen molar-refractivity contribution in [1.29, 1.82) is 0 Å². The van der Waals surface area contributed by atoms with Crippen LogP contribution in [-0.2, 0) is 16.0 Å². The molecule has 1 saturated heterocycles. The zero-order valence-corrected chi connectivity index (χ0v) is 17.2. The van der Waals surface area contributed by atoms with Crippen LogP contribution in [0.25, 0.3) is 0 Å². The number of piperazine rings is 1. The highest BCUT2D eigenvalue weighted by Gasteiger charge is 2.31. The normalized spacial score (nSPS) is 19.5. The minimum Gasteiger partial charge on any atom is -0.325 e. The quantitative estimate of drug-likeness (QED) is 0.822. The second-order valence-corrected chi connectivity index (χ2v) is 8.06. The number of carbonyl (C=O) groups excluding carboxylic acids is 2. The van der Waals surface area contributed by atoms with Crippen LogP contribution in [0.15, 0.2) is 48.5 Å². The van der Waals surface area contributed by atoms with E-state index in [4.69, 9.17) is 0 Å². The number of benzene rings is 2. The molecule has 1 atom stereocenters. The molecule has 0 bridgehead atoms. The molecule has 0 aliphatic carbocycles. The molecular formula is C23H27FN4O2. The van der Waals surface area contributed by atoms with E-state index in [1.165, 1.54) is 17.7 Å². The Balaban J connectivity index is 1.25. The van der Waals surface area contributed by atoms with Gasteiger partial charge in [0.25, 0.3) is 0 Å². The summed E-state index contributed by atoms with van der Waals surface area (Å²) in [7, 11) is 0. The van der Waals surface area contributed by atoms with E-state index >= 15 is 0 Å². The third-order valence-corrected chi connectivity index (χ3v) is 5.78. The molecule has 2 aliphatic rings. The molecule has 0 aromatic heterocycles. The fourth-order valence-electron chi connectivity index (χ4n) is 4.29. The van der Waals surface area contributed by atoms with E-state index in [0.717, 1.165) is 38.3 Å². The van der Waals surface area contributed by atoms with Gasteiger partial charge in [-0.15, -0.1) is 0 Å². The Morgan fingerprint density at radius 2 is 1.70 bits per heavy atom. The van der Waals surface area contributed by atoms with Gasteiger partial charge < -0.3 is 10.2 Å². The van der Waals surface area contributed by atoms with Gasteiger partial charge in [0.1, 0.15) is 5.82 Å². The number of amides is 2. The zero-order chi connectivity index (χ0) is 21.1. The van der Waals surface area contributed by atoms with Crippen LogP contribution in [0.3, 0.4) is 0 Å². The van der Waals surface area contributed by atoms with Crippen LogP contribution in [-0.4, -0.2) is 66.9 Å². The summed E-state index contributed by atoms with van der Waals surface area (Å²) in [5.41, 5.74) is 2.72. The molecule has 0 saturated carbocycles. The molecule has 1 N–H and O–H groups in total. The minimum absolute atomic E-state index is 0.129. The topological polar surface area (TPSA) is 55.9 Å². The van der Waals surface area contributed by atoms with Crippen molar-refractivity contribution in [3.05, 3.63) is 59.9 Å². The monoisotopic (exact) mass is 410 g/mol. The molecule has 2 heterocycles. The molecule has 0 unspecified atom stereocenters. The lowest BCUT2D eigenvalue weighted by atomic mass is 10.1. The van der Waals surface area contributed by atoms with Crippen molar-refractivity contribution < 1.29 is 14.0 Å². The number of hydrogen-bond donors (Lipinski definition) is 1. The first-order valence-electron chi connectivity index (χ1n) is 10.4. The van der Waals surface area contributed by atoms with Crippen molar-refractivity contribution in [3.63, 3.8) is 0 Å². The summed E-state index contributed by atoms with van der Waals surface area (Å²) >= 11 is 0. The highest BCUT2D eigenvalue weighted by molar-refractivity contribution is 5.97. The van der Waals surface area contributed by atoms with Crippen molar-refractivity contribution in [1.82, 2.24) is 9.80 Å². The SMILES string of the molecule is C[C@@H]1Cc2ccccc2N1C(=O)CN1CCN(CC(=O)Nc2cccc(F)c2)CC1. The Morgan fingerprint density at radius 3 is 2.43 bits per heavy atom. The number of carbonyl (C=O) groups is 2. The largest absolute Gasteiger partial charge is 0.325 e. The molecule has 2 aromatic rings. The minimum atomic E-state index is -0.374. The maximum absolute atomic E-state index is 13.2. The van der Waals surface area contributed by atoms with Gasteiger partial charge in [-0.3, -0.25) is 19.4 Å². The number of fused-ring (bicyclic) bond motifs is 1. The van der Waals surface area contributed by atoms with E-state index in [0.29, 0.717) is 12.2 Å². The Labute approximate surface area is 176 Å². The van der Waals surface area contributed by atoms with Crippen LogP contribution in [0.5, 0.6) is 0 Å². The highest BCUT2D eigenvalue weighted by atomic mass is 19.1. The number of nitrogens with zero attached hydrogens (tertiary/aromatic N) is 3. The number of nitrogens with one attached hydrogen (secondary N) is 1. The summed E-state index contributed by atoms with van der Waals surface area (Å²) in [6, 6.07) is 14.2. The lowest BCUT2D eigenvalue weighted by Crippen LogP contribution is -2.52. The van der Waals surface area contributed by atoms with Crippen LogP contribution in [0.1, 0.15) is 12.5 Å². The van der Waals surface area contributed by atoms with Gasteiger partial charge in [0.2, 0.25) is 11.8 Å². The summed E-state index contributed by atoms with van der Waals surface area (Å²) in [5.74, 6) is -0.404. The maximum Gasteiger partial charge on any atom is 0.241 e. The second kappa shape index (κ2) is 8.93. The Hall–Kier alpha value is -2.77. The molecule has 1 fully saturated rings. The standard InChI is InChI=1S/C23H27FN4O2/c1-17-13-18-5-2-3-8-21(18)28(17)23(30)16-27-11-9-26(10-12-27)15-22(29)25-20-7-4-6-19(24)14-20/h2-8,14,17H,9-13,15-16H2,1H3,(H,25,29)/t17-/m1/s1. The summed E-state index contributed by atoms with van der Waals surface area (Å²) in [6.45, 7) is 5.65. The highest BCUT2D eigenvalue weighted by Crippen LogP contribution is 2.31. The first-order valence-corrected chi connectivity index (χ1v) is 10.4. The van der Waals surface area contributed by atoms with E-state index in [1.807, 2.05) is 23.1 Å². The zero-order valence-electron chi connectivity index (χ0n) is 17.2. The Morgan fingerprint density at radius 1 is 1.00 bits per heavy atom. The average molecular weight is 410 g/mol. The third-order valence-electron chi connectivity index (χ3n) is 5.78. The summed E-state index contributed by atoms with van der Waals surface area (Å²) < 4.78 is 13.2. The average Bonchev–Trinajstić information content (AvgIpc) is 3.05. The number of para-hydroxylation sites is 1. The van der Waals surface area contributed by atoms with Gasteiger partial charge in [-0.2, -0.15) is 0 Å². The molecule has 6 nitrogen and oxygen atoms in total. The van der Waals surface area contributed by atoms with Gasteiger partial charge in [0.05, 0.1) is 13.1 Å². The van der Waals surface area contributed by atoms with E-state index in [1.54, 1.807) is 12.1 Å². The fourth-order valence-corrected chi connectivity index (χ4v) is 4.29. The molecule has 2 amide bonds. The van der Waals surface area contributed by atoms with Gasteiger partial charge in [0, 0.05) is 43.6 Å². The van der Waals surface area contributed by atoms with Gasteiger partial charge in [-0.05, 0) is 43.2 Å². The molecule has 0 spiro atoms. The van der Waals surface area contributed by atoms with Gasteiger partial charge in [-0.1, -0.05) is 24.3 Å². The van der Waals surface area contributed by atoms with Crippen LogP contribution >= 0.6 is 0 Å². The molecule has 0 radical (unpaired) electrons. The molecule has 30 heavy (non-hydrogen) atoms. The van der Waals surface area contributed by atoms with Crippen LogP contribution in [0.2, 0.25) is 0 Å². The number of anilines is 2. The van der Waals surface area contributed by atoms with Crippen molar-refractivity contribution in [2.24, 2.45) is 0 Å². The predicted octanol–water partition coefficient (Wildman–Crippen LogP) is 2.36. The number of halogens is 1. The number of rotatable bonds is 5. The van der Waals surface area contributed by atoms with Gasteiger partial charge in [-0.25, -0.2) is 4.39 Å². The summed E-state index contributed by atoms with van der Waals surface area (Å²) in [6.07, 6.45) is 0.899. The summed E-state index contributed by atoms with van der Waals surface area (Å²) in [5, 5.41) is 2.73. The van der Waals surface area contributed by atoms with Gasteiger partial charge >= 0.3 is 0 Å². The number of hydrogen-bond acceptors (Lipinski definition) is 4. The third kappa shape index (κ3) is 4.68. The first kappa shape index (κ1) is 20.5. The lowest BCUT2D eigenvalue weighted by molar-refractivity contribution is -0.121. The molecule has 7 heteroatoms. The van der Waals surface area contributed by atoms with E-state index in [2.05, 4.69) is 28.1 Å². The molecule has 2 aliphatic heterocycles. The predicted molar refractivity (Wildman–Crippen MR) is 115 cm³/mol. The van der Waals surface area contributed by atoms with Crippen molar-refractivity contribution >= 4 is 23.2 Å². The molecule has 4 rings (SSSR count). The molecule has 158 valence electrons. The lowest BCUT2D eigenvalue weighted by Gasteiger charge is -2.35. The van der Waals surface area contributed by atoms with Crippen LogP contribution in [0.4, 0.5) is 15.8 Å². The summed E-state index contributed by atoms with van der Waals surface area (Å²) in [4.78, 5) is 31.3. The smallest absolute Gasteiger partial charge is 0.241 e. The maximum atomic E-state index is 13.2. The van der Waals surface area contributed by atoms with Crippen molar-refractivity contribution in [2.75, 3.05) is 49.5 Å². The fraction of sp³-hybridized carbons (Fsp3) is 0.391. The van der Waals surface area contributed by atoms with E-state index in [9.17, 15) is 14.0 Å². The van der Waals surface area contributed by atoms with Crippen LogP contribution in [0, 0.1) is 5.82 Å². The first-order chi connectivity index (χ1) is 14.5. The van der Waals surface area contributed by atoms with Crippen molar-refractivity contribution in [3.8, 4) is 0 Å². The van der Waals surface area contributed by atoms with Gasteiger partial charge in [0.15, 0.2) is 0 Å². The van der Waals surface area contributed by atoms with E-state index in [-0.39, 0.29) is 30.2 Å². The van der Waals surface area contributed by atoms with Crippen molar-refractivity contribution in [2.45, 2.75) is 19.4 Å². The van der Waals surface area contributed by atoms with Crippen LogP contribution < -0.4 is 10.2 Å².